The molecule has 0 radical (unpaired) electrons. The standard InChI is InChI=1S/C11H8Cl2F3NO/c12-8-2-1-6-3-4-17(5-7(6)9(8)13)10(18)11(14,15)16/h1-2H,3-5H2. The maximum Gasteiger partial charge on any atom is 0.471 e. The summed E-state index contributed by atoms with van der Waals surface area (Å²) in [7, 11) is 0. The number of carbonyl (C=O) groups is 1. The number of amides is 1. The van der Waals surface area contributed by atoms with E-state index in [2.05, 4.69) is 0 Å². The van der Waals surface area contributed by atoms with Crippen LogP contribution in [0.3, 0.4) is 0 Å². The lowest BCUT2D eigenvalue weighted by atomic mass is 9.99. The zero-order valence-corrected chi connectivity index (χ0v) is 10.5. The van der Waals surface area contributed by atoms with Crippen LogP contribution in [0.1, 0.15) is 11.1 Å². The van der Waals surface area contributed by atoms with Gasteiger partial charge in [0, 0.05) is 13.1 Å². The summed E-state index contributed by atoms with van der Waals surface area (Å²) in [6.07, 6.45) is -4.52. The Hall–Kier alpha value is -0.940. The lowest BCUT2D eigenvalue weighted by Crippen LogP contribution is -2.43. The number of rotatable bonds is 0. The van der Waals surface area contributed by atoms with Crippen LogP contribution in [0.2, 0.25) is 10.0 Å². The molecular weight excluding hydrogens is 290 g/mol. The monoisotopic (exact) mass is 297 g/mol. The molecule has 1 heterocycles. The van der Waals surface area contributed by atoms with Crippen LogP contribution in [0.4, 0.5) is 13.2 Å². The average molecular weight is 298 g/mol. The van der Waals surface area contributed by atoms with E-state index in [0.29, 0.717) is 12.0 Å². The fourth-order valence-electron chi connectivity index (χ4n) is 1.92. The number of hydrogen-bond acceptors (Lipinski definition) is 1. The highest BCUT2D eigenvalue weighted by Crippen LogP contribution is 2.33. The second-order valence-electron chi connectivity index (χ2n) is 3.97. The van der Waals surface area contributed by atoms with Gasteiger partial charge in [-0.1, -0.05) is 29.3 Å². The first-order chi connectivity index (χ1) is 8.30. The summed E-state index contributed by atoms with van der Waals surface area (Å²) in [6, 6.07) is 3.32. The molecule has 1 aliphatic heterocycles. The van der Waals surface area contributed by atoms with Gasteiger partial charge in [0.1, 0.15) is 0 Å². The number of benzene rings is 1. The van der Waals surface area contributed by atoms with Crippen molar-refractivity contribution in [3.05, 3.63) is 33.3 Å². The van der Waals surface area contributed by atoms with Crippen molar-refractivity contribution in [3.8, 4) is 0 Å². The van der Waals surface area contributed by atoms with E-state index in [-0.39, 0.29) is 23.1 Å². The zero-order valence-electron chi connectivity index (χ0n) is 9.02. The molecular formula is C11H8Cl2F3NO. The summed E-state index contributed by atoms with van der Waals surface area (Å²) in [5.41, 5.74) is 1.32. The summed E-state index contributed by atoms with van der Waals surface area (Å²) in [4.78, 5) is 11.9. The number of fused-ring (bicyclic) bond motifs is 1. The Kier molecular flexibility index (Phi) is 3.47. The molecule has 1 aromatic rings. The predicted octanol–water partition coefficient (Wildman–Crippen LogP) is 3.44. The van der Waals surface area contributed by atoms with Crippen molar-refractivity contribution in [1.82, 2.24) is 4.90 Å². The maximum atomic E-state index is 12.3. The lowest BCUT2D eigenvalue weighted by Gasteiger charge is -2.30. The number of alkyl halides is 3. The lowest BCUT2D eigenvalue weighted by molar-refractivity contribution is -0.186. The van der Waals surface area contributed by atoms with Crippen molar-refractivity contribution in [2.45, 2.75) is 19.1 Å². The van der Waals surface area contributed by atoms with Crippen LogP contribution in [-0.4, -0.2) is 23.5 Å². The van der Waals surface area contributed by atoms with Gasteiger partial charge in [0.25, 0.3) is 0 Å². The topological polar surface area (TPSA) is 20.3 Å². The van der Waals surface area contributed by atoms with Crippen molar-refractivity contribution >= 4 is 29.1 Å². The molecule has 1 aromatic carbocycles. The van der Waals surface area contributed by atoms with Crippen LogP contribution in [-0.2, 0) is 17.8 Å². The molecule has 0 spiro atoms. The maximum absolute atomic E-state index is 12.3. The smallest absolute Gasteiger partial charge is 0.330 e. The molecule has 1 amide bonds. The molecule has 1 aliphatic rings. The summed E-state index contributed by atoms with van der Waals surface area (Å²) in [5, 5.41) is 0.491. The van der Waals surface area contributed by atoms with Gasteiger partial charge in [0.05, 0.1) is 10.0 Å². The molecule has 0 atom stereocenters. The summed E-state index contributed by atoms with van der Waals surface area (Å²) < 4.78 is 37.0. The minimum atomic E-state index is -4.86. The summed E-state index contributed by atoms with van der Waals surface area (Å²) >= 11 is 11.7. The minimum Gasteiger partial charge on any atom is -0.330 e. The molecule has 2 rings (SSSR count). The second kappa shape index (κ2) is 4.63. The molecule has 2 nitrogen and oxygen atoms in total. The van der Waals surface area contributed by atoms with Crippen LogP contribution < -0.4 is 0 Å². The predicted molar refractivity (Wildman–Crippen MR) is 61.6 cm³/mol. The molecule has 0 saturated carbocycles. The first-order valence-electron chi connectivity index (χ1n) is 5.12. The summed E-state index contributed by atoms with van der Waals surface area (Å²) in [5.74, 6) is -1.84. The summed E-state index contributed by atoms with van der Waals surface area (Å²) in [6.45, 7) is -0.129. The van der Waals surface area contributed by atoms with Crippen LogP contribution in [0.25, 0.3) is 0 Å². The van der Waals surface area contributed by atoms with E-state index in [1.807, 2.05) is 0 Å². The van der Waals surface area contributed by atoms with Gasteiger partial charge in [0.2, 0.25) is 0 Å². The average Bonchev–Trinajstić information content (AvgIpc) is 2.31. The van der Waals surface area contributed by atoms with E-state index in [1.165, 1.54) is 0 Å². The molecule has 18 heavy (non-hydrogen) atoms. The Labute approximate surface area is 111 Å². The quantitative estimate of drug-likeness (QED) is 0.718. The molecule has 7 heteroatoms. The van der Waals surface area contributed by atoms with Crippen molar-refractivity contribution < 1.29 is 18.0 Å². The van der Waals surface area contributed by atoms with Crippen molar-refractivity contribution in [3.63, 3.8) is 0 Å². The van der Waals surface area contributed by atoms with Crippen LogP contribution in [0.5, 0.6) is 0 Å². The molecule has 0 unspecified atom stereocenters. The van der Waals surface area contributed by atoms with Gasteiger partial charge in [0.15, 0.2) is 0 Å². The number of halogens is 5. The van der Waals surface area contributed by atoms with E-state index in [4.69, 9.17) is 23.2 Å². The minimum absolute atomic E-state index is 0.0311. The van der Waals surface area contributed by atoms with Crippen LogP contribution in [0.15, 0.2) is 12.1 Å². The third-order valence-corrected chi connectivity index (χ3v) is 3.67. The molecule has 0 bridgehead atoms. The van der Waals surface area contributed by atoms with Crippen molar-refractivity contribution in [2.75, 3.05) is 6.54 Å². The molecule has 0 saturated heterocycles. The van der Waals surface area contributed by atoms with Gasteiger partial charge in [-0.05, 0) is 23.6 Å². The molecule has 0 aliphatic carbocycles. The van der Waals surface area contributed by atoms with Crippen molar-refractivity contribution in [1.29, 1.82) is 0 Å². The van der Waals surface area contributed by atoms with Crippen LogP contribution >= 0.6 is 23.2 Å². The van der Waals surface area contributed by atoms with Gasteiger partial charge in [-0.3, -0.25) is 4.79 Å². The molecule has 0 N–H and O–H groups in total. The SMILES string of the molecule is O=C(N1CCc2ccc(Cl)c(Cl)c2C1)C(F)(F)F. The number of hydrogen-bond donors (Lipinski definition) is 0. The van der Waals surface area contributed by atoms with E-state index < -0.39 is 12.1 Å². The second-order valence-corrected chi connectivity index (χ2v) is 4.76. The Balaban J connectivity index is 2.30. The molecule has 98 valence electrons. The third-order valence-electron chi connectivity index (χ3n) is 2.82. The normalized spacial score (nSPS) is 15.5. The van der Waals surface area contributed by atoms with Gasteiger partial charge in [-0.25, -0.2) is 0 Å². The van der Waals surface area contributed by atoms with Gasteiger partial charge in [-0.15, -0.1) is 0 Å². The highest BCUT2D eigenvalue weighted by molar-refractivity contribution is 6.42. The molecule has 0 aromatic heterocycles. The Morgan fingerprint density at radius 1 is 1.28 bits per heavy atom. The van der Waals surface area contributed by atoms with E-state index in [9.17, 15) is 18.0 Å². The first-order valence-corrected chi connectivity index (χ1v) is 5.88. The Bertz CT molecular complexity index is 502. The Morgan fingerprint density at radius 2 is 1.94 bits per heavy atom. The van der Waals surface area contributed by atoms with Crippen LogP contribution in [0, 0.1) is 0 Å². The number of carbonyl (C=O) groups excluding carboxylic acids is 1. The third kappa shape index (κ3) is 2.42. The highest BCUT2D eigenvalue weighted by atomic mass is 35.5. The Morgan fingerprint density at radius 3 is 2.56 bits per heavy atom. The fourth-order valence-corrected chi connectivity index (χ4v) is 2.34. The van der Waals surface area contributed by atoms with Gasteiger partial charge in [-0.2, -0.15) is 13.2 Å². The van der Waals surface area contributed by atoms with E-state index >= 15 is 0 Å². The van der Waals surface area contributed by atoms with Gasteiger partial charge >= 0.3 is 12.1 Å². The largest absolute Gasteiger partial charge is 0.471 e. The highest BCUT2D eigenvalue weighted by Gasteiger charge is 2.43. The van der Waals surface area contributed by atoms with Gasteiger partial charge < -0.3 is 4.90 Å². The fraction of sp³-hybridized carbons (Fsp3) is 0.364. The van der Waals surface area contributed by atoms with Crippen molar-refractivity contribution in [2.24, 2.45) is 0 Å². The first kappa shape index (κ1) is 13.5. The molecule has 0 fully saturated rings. The zero-order chi connectivity index (χ0) is 13.5. The van der Waals surface area contributed by atoms with E-state index in [0.717, 1.165) is 10.5 Å². The van der Waals surface area contributed by atoms with E-state index in [1.54, 1.807) is 12.1 Å². The number of nitrogens with zero attached hydrogens (tertiary/aromatic N) is 1.